The zero-order valence-electron chi connectivity index (χ0n) is 11.3. The summed E-state index contributed by atoms with van der Waals surface area (Å²) in [5.41, 5.74) is 0. The number of hydrogen-bond donors (Lipinski definition) is 0. The van der Waals surface area contributed by atoms with E-state index in [1.165, 1.54) is 6.42 Å². The Morgan fingerprint density at radius 2 is 1.78 bits per heavy atom. The first-order valence-corrected chi connectivity index (χ1v) is 7.46. The molecule has 0 radical (unpaired) electrons. The van der Waals surface area contributed by atoms with Crippen molar-refractivity contribution in [3.05, 3.63) is 0 Å². The molecule has 0 aromatic carbocycles. The Kier molecular flexibility index (Phi) is 6.13. The minimum atomic E-state index is -0.463. The number of hydrogen-bond acceptors (Lipinski definition) is 2. The van der Waals surface area contributed by atoms with Crippen molar-refractivity contribution in [3.63, 3.8) is 0 Å². The summed E-state index contributed by atoms with van der Waals surface area (Å²) >= 11 is 11.1. The Morgan fingerprint density at radius 3 is 2.22 bits per heavy atom. The summed E-state index contributed by atoms with van der Waals surface area (Å²) in [4.78, 5) is 22.7. The Hall–Kier alpha value is -0.0800. The molecular weight excluding hydrogens is 271 g/mol. The van der Waals surface area contributed by atoms with E-state index in [0.717, 1.165) is 12.8 Å². The van der Waals surface area contributed by atoms with Crippen LogP contribution in [0.15, 0.2) is 0 Å². The summed E-state index contributed by atoms with van der Waals surface area (Å²) in [5.74, 6) is 1.35. The second kappa shape index (κ2) is 6.91. The zero-order valence-corrected chi connectivity index (χ0v) is 12.8. The third-order valence-electron chi connectivity index (χ3n) is 4.26. The van der Waals surface area contributed by atoms with Gasteiger partial charge in [-0.25, -0.2) is 0 Å². The Labute approximate surface area is 119 Å². The van der Waals surface area contributed by atoms with Crippen LogP contribution in [0.5, 0.6) is 0 Å². The fraction of sp³-hybridized carbons (Fsp3) is 0.857. The van der Waals surface area contributed by atoms with Crippen LogP contribution in [0, 0.1) is 29.6 Å². The van der Waals surface area contributed by atoms with Crippen molar-refractivity contribution < 1.29 is 9.59 Å². The van der Waals surface area contributed by atoms with Crippen LogP contribution in [0.1, 0.15) is 46.5 Å². The number of carbonyl (C=O) groups is 2. The van der Waals surface area contributed by atoms with E-state index in [0.29, 0.717) is 17.8 Å². The summed E-state index contributed by atoms with van der Waals surface area (Å²) in [6.45, 7) is 6.54. The molecular formula is C14H22Cl2O2. The molecule has 0 N–H and O–H groups in total. The minimum absolute atomic E-state index is 0.0739. The van der Waals surface area contributed by atoms with Gasteiger partial charge in [-0.1, -0.05) is 27.2 Å². The van der Waals surface area contributed by atoms with Gasteiger partial charge >= 0.3 is 0 Å². The van der Waals surface area contributed by atoms with Crippen LogP contribution in [0.4, 0.5) is 0 Å². The largest absolute Gasteiger partial charge is 0.281 e. The summed E-state index contributed by atoms with van der Waals surface area (Å²) < 4.78 is 0. The second-order valence-corrected chi connectivity index (χ2v) is 6.75. The van der Waals surface area contributed by atoms with E-state index in [4.69, 9.17) is 23.2 Å². The van der Waals surface area contributed by atoms with Crippen molar-refractivity contribution in [2.45, 2.75) is 46.5 Å². The van der Waals surface area contributed by atoms with Gasteiger partial charge in [-0.15, -0.1) is 0 Å². The van der Waals surface area contributed by atoms with E-state index in [-0.39, 0.29) is 12.3 Å². The quantitative estimate of drug-likeness (QED) is 0.711. The van der Waals surface area contributed by atoms with Crippen LogP contribution in [0.3, 0.4) is 0 Å². The maximum absolute atomic E-state index is 11.6. The van der Waals surface area contributed by atoms with Crippen LogP contribution in [0.25, 0.3) is 0 Å². The molecule has 0 heterocycles. The molecule has 1 fully saturated rings. The second-order valence-electron chi connectivity index (χ2n) is 5.96. The van der Waals surface area contributed by atoms with Gasteiger partial charge < -0.3 is 0 Å². The van der Waals surface area contributed by atoms with E-state index >= 15 is 0 Å². The highest BCUT2D eigenvalue weighted by molar-refractivity contribution is 6.66. The fourth-order valence-electron chi connectivity index (χ4n) is 3.31. The first-order valence-electron chi connectivity index (χ1n) is 6.70. The maximum Gasteiger partial charge on any atom is 0.225 e. The topological polar surface area (TPSA) is 34.1 Å². The van der Waals surface area contributed by atoms with E-state index < -0.39 is 16.4 Å². The molecule has 2 nitrogen and oxygen atoms in total. The minimum Gasteiger partial charge on any atom is -0.281 e. The standard InChI is InChI=1S/C14H22Cl2O2/c1-8(2)10-5-4-9(3)6-11(10)12(14(16)18)7-13(15)17/h8-12H,4-7H2,1-3H3. The van der Waals surface area contributed by atoms with Crippen LogP contribution < -0.4 is 0 Å². The van der Waals surface area contributed by atoms with Crippen LogP contribution in [0.2, 0.25) is 0 Å². The predicted molar refractivity (Wildman–Crippen MR) is 74.7 cm³/mol. The van der Waals surface area contributed by atoms with E-state index in [2.05, 4.69) is 20.8 Å². The van der Waals surface area contributed by atoms with E-state index in [1.807, 2.05) is 0 Å². The molecule has 0 bridgehead atoms. The molecule has 0 aromatic heterocycles. The van der Waals surface area contributed by atoms with Gasteiger partial charge in [0.2, 0.25) is 10.5 Å². The molecule has 4 heteroatoms. The third kappa shape index (κ3) is 4.24. The molecule has 0 aromatic rings. The van der Waals surface area contributed by atoms with Crippen molar-refractivity contribution in [1.29, 1.82) is 0 Å². The average Bonchev–Trinajstić information content (AvgIpc) is 2.24. The number of rotatable bonds is 5. The van der Waals surface area contributed by atoms with Gasteiger partial charge in [-0.05, 0) is 59.7 Å². The molecule has 4 unspecified atom stereocenters. The molecule has 0 saturated heterocycles. The predicted octanol–water partition coefficient (Wildman–Crippen LogP) is 4.23. The van der Waals surface area contributed by atoms with Gasteiger partial charge in [-0.2, -0.15) is 0 Å². The zero-order chi connectivity index (χ0) is 13.9. The lowest BCUT2D eigenvalue weighted by molar-refractivity contribution is -0.123. The summed E-state index contributed by atoms with van der Waals surface area (Å²) in [6, 6.07) is 0. The van der Waals surface area contributed by atoms with Gasteiger partial charge in [-0.3, -0.25) is 9.59 Å². The molecule has 18 heavy (non-hydrogen) atoms. The lowest BCUT2D eigenvalue weighted by Gasteiger charge is -2.40. The lowest BCUT2D eigenvalue weighted by Crippen LogP contribution is -2.36. The molecule has 1 rings (SSSR count). The fourth-order valence-corrected chi connectivity index (χ4v) is 3.72. The first-order chi connectivity index (χ1) is 8.32. The molecule has 1 aliphatic carbocycles. The highest BCUT2D eigenvalue weighted by Gasteiger charge is 2.39. The SMILES string of the molecule is CC1CCC(C(C)C)C(C(CC(=O)Cl)C(=O)Cl)C1. The van der Waals surface area contributed by atoms with Gasteiger partial charge in [0.15, 0.2) is 0 Å². The number of halogens is 2. The lowest BCUT2D eigenvalue weighted by atomic mass is 9.65. The van der Waals surface area contributed by atoms with Crippen molar-refractivity contribution >= 4 is 33.7 Å². The molecule has 4 atom stereocenters. The van der Waals surface area contributed by atoms with Crippen molar-refractivity contribution in [1.82, 2.24) is 0 Å². The van der Waals surface area contributed by atoms with Gasteiger partial charge in [0.1, 0.15) is 0 Å². The van der Waals surface area contributed by atoms with E-state index in [9.17, 15) is 9.59 Å². The van der Waals surface area contributed by atoms with Crippen molar-refractivity contribution in [2.24, 2.45) is 29.6 Å². The molecule has 104 valence electrons. The van der Waals surface area contributed by atoms with Crippen LogP contribution in [-0.2, 0) is 9.59 Å². The molecule has 0 amide bonds. The maximum atomic E-state index is 11.6. The van der Waals surface area contributed by atoms with Crippen molar-refractivity contribution in [3.8, 4) is 0 Å². The van der Waals surface area contributed by atoms with Gasteiger partial charge in [0, 0.05) is 12.3 Å². The third-order valence-corrected chi connectivity index (χ3v) is 4.70. The molecule has 1 saturated carbocycles. The molecule has 0 spiro atoms. The number of carbonyl (C=O) groups excluding carboxylic acids is 2. The van der Waals surface area contributed by atoms with Crippen LogP contribution >= 0.6 is 23.2 Å². The molecule has 1 aliphatic rings. The normalized spacial score (nSPS) is 30.2. The highest BCUT2D eigenvalue weighted by atomic mass is 35.5. The monoisotopic (exact) mass is 292 g/mol. The summed E-state index contributed by atoms with van der Waals surface area (Å²) in [7, 11) is 0. The van der Waals surface area contributed by atoms with Gasteiger partial charge in [0.25, 0.3) is 0 Å². The average molecular weight is 293 g/mol. The Morgan fingerprint density at radius 1 is 1.17 bits per heavy atom. The first kappa shape index (κ1) is 16.0. The molecule has 0 aliphatic heterocycles. The summed E-state index contributed by atoms with van der Waals surface area (Å²) in [6.07, 6.45) is 3.35. The Balaban J connectivity index is 2.89. The smallest absolute Gasteiger partial charge is 0.225 e. The highest BCUT2D eigenvalue weighted by Crippen LogP contribution is 2.43. The van der Waals surface area contributed by atoms with Gasteiger partial charge in [0.05, 0.1) is 0 Å². The summed E-state index contributed by atoms with van der Waals surface area (Å²) in [5, 5.41) is -0.872. The van der Waals surface area contributed by atoms with Crippen molar-refractivity contribution in [2.75, 3.05) is 0 Å². The van der Waals surface area contributed by atoms with E-state index in [1.54, 1.807) is 0 Å². The van der Waals surface area contributed by atoms with Crippen LogP contribution in [-0.4, -0.2) is 10.5 Å². The Bertz CT molecular complexity index is 315.